The van der Waals surface area contributed by atoms with Crippen LogP contribution in [0.5, 0.6) is 5.75 Å². The van der Waals surface area contributed by atoms with Crippen LogP contribution in [-0.4, -0.2) is 12.5 Å². The lowest BCUT2D eigenvalue weighted by Gasteiger charge is -2.19. The molecule has 2 aromatic rings. The first kappa shape index (κ1) is 15.6. The lowest BCUT2D eigenvalue weighted by atomic mass is 10.0. The average Bonchev–Trinajstić information content (AvgIpc) is 3.38. The molecule has 1 N–H and O–H groups in total. The normalized spacial score (nSPS) is 15.0. The molecule has 0 aromatic heterocycles. The van der Waals surface area contributed by atoms with Gasteiger partial charge in [0.05, 0.1) is 6.04 Å². The standard InChI is InChI=1S/C20H23NO2/c1-14-7-6-8-15(2)20(14)23-13-18(22)21-19(17-11-12-17)16-9-4-3-5-10-16/h3-10,17,19H,11-13H2,1-2H3,(H,21,22). The Kier molecular flexibility index (Phi) is 4.65. The van der Waals surface area contributed by atoms with Crippen LogP contribution in [0.3, 0.4) is 0 Å². The van der Waals surface area contributed by atoms with E-state index in [1.165, 1.54) is 18.4 Å². The fraction of sp³-hybridized carbons (Fsp3) is 0.350. The Labute approximate surface area is 137 Å². The third-order valence-electron chi connectivity index (χ3n) is 4.32. The van der Waals surface area contributed by atoms with E-state index < -0.39 is 0 Å². The van der Waals surface area contributed by atoms with Gasteiger partial charge < -0.3 is 10.1 Å². The van der Waals surface area contributed by atoms with Crippen LogP contribution in [0.2, 0.25) is 0 Å². The van der Waals surface area contributed by atoms with Gasteiger partial charge in [0.15, 0.2) is 6.61 Å². The third-order valence-corrected chi connectivity index (χ3v) is 4.32. The van der Waals surface area contributed by atoms with Crippen molar-refractivity contribution in [2.24, 2.45) is 5.92 Å². The Balaban J connectivity index is 1.62. The number of aryl methyl sites for hydroxylation is 2. The van der Waals surface area contributed by atoms with Crippen LogP contribution in [0.25, 0.3) is 0 Å². The number of ether oxygens (including phenoxy) is 1. The summed E-state index contributed by atoms with van der Waals surface area (Å²) in [5.41, 5.74) is 3.29. The minimum Gasteiger partial charge on any atom is -0.483 e. The second-order valence-corrected chi connectivity index (χ2v) is 6.30. The summed E-state index contributed by atoms with van der Waals surface area (Å²) >= 11 is 0. The van der Waals surface area contributed by atoms with Crippen LogP contribution in [0.4, 0.5) is 0 Å². The summed E-state index contributed by atoms with van der Waals surface area (Å²) in [5.74, 6) is 1.31. The van der Waals surface area contributed by atoms with Gasteiger partial charge in [-0.25, -0.2) is 0 Å². The monoisotopic (exact) mass is 309 g/mol. The molecular weight excluding hydrogens is 286 g/mol. The van der Waals surface area contributed by atoms with Gasteiger partial charge in [-0.3, -0.25) is 4.79 Å². The quantitative estimate of drug-likeness (QED) is 0.877. The van der Waals surface area contributed by atoms with Crippen molar-refractivity contribution in [2.75, 3.05) is 6.61 Å². The summed E-state index contributed by atoms with van der Waals surface area (Å²) in [7, 11) is 0. The van der Waals surface area contributed by atoms with Gasteiger partial charge in [-0.1, -0.05) is 48.5 Å². The Hall–Kier alpha value is -2.29. The second kappa shape index (κ2) is 6.86. The number of carbonyl (C=O) groups excluding carboxylic acids is 1. The van der Waals surface area contributed by atoms with Crippen LogP contribution in [0.1, 0.15) is 35.6 Å². The van der Waals surface area contributed by atoms with Crippen molar-refractivity contribution in [1.82, 2.24) is 5.32 Å². The van der Waals surface area contributed by atoms with Crippen LogP contribution in [0.15, 0.2) is 48.5 Å². The summed E-state index contributed by atoms with van der Waals surface area (Å²) in [6.07, 6.45) is 2.36. The number of para-hydroxylation sites is 1. The van der Waals surface area contributed by atoms with Crippen molar-refractivity contribution in [2.45, 2.75) is 32.7 Å². The first-order valence-corrected chi connectivity index (χ1v) is 8.18. The maximum absolute atomic E-state index is 12.3. The molecule has 1 saturated carbocycles. The van der Waals surface area contributed by atoms with E-state index in [1.54, 1.807) is 0 Å². The first-order valence-electron chi connectivity index (χ1n) is 8.18. The second-order valence-electron chi connectivity index (χ2n) is 6.30. The van der Waals surface area contributed by atoms with Gasteiger partial charge in [0, 0.05) is 0 Å². The van der Waals surface area contributed by atoms with Gasteiger partial charge in [-0.05, 0) is 49.3 Å². The number of hydrogen-bond acceptors (Lipinski definition) is 2. The molecule has 3 heteroatoms. The number of nitrogens with one attached hydrogen (secondary N) is 1. The number of carbonyl (C=O) groups is 1. The largest absolute Gasteiger partial charge is 0.483 e. The first-order chi connectivity index (χ1) is 11.1. The highest BCUT2D eigenvalue weighted by molar-refractivity contribution is 5.78. The Morgan fingerprint density at radius 2 is 1.74 bits per heavy atom. The fourth-order valence-corrected chi connectivity index (χ4v) is 2.94. The Morgan fingerprint density at radius 3 is 2.35 bits per heavy atom. The predicted octanol–water partition coefficient (Wildman–Crippen LogP) is 3.95. The van der Waals surface area contributed by atoms with Crippen molar-refractivity contribution in [3.05, 3.63) is 65.2 Å². The zero-order valence-corrected chi connectivity index (χ0v) is 13.7. The van der Waals surface area contributed by atoms with Gasteiger partial charge in [0.1, 0.15) is 5.75 Å². The van der Waals surface area contributed by atoms with E-state index in [-0.39, 0.29) is 18.6 Å². The van der Waals surface area contributed by atoms with Crippen molar-refractivity contribution in [1.29, 1.82) is 0 Å². The fourth-order valence-electron chi connectivity index (χ4n) is 2.94. The van der Waals surface area contributed by atoms with Gasteiger partial charge >= 0.3 is 0 Å². The summed E-state index contributed by atoms with van der Waals surface area (Å²) in [5, 5.41) is 3.14. The summed E-state index contributed by atoms with van der Waals surface area (Å²) < 4.78 is 5.75. The highest BCUT2D eigenvalue weighted by Gasteiger charge is 2.33. The average molecular weight is 309 g/mol. The van der Waals surface area contributed by atoms with Gasteiger partial charge in [0.2, 0.25) is 0 Å². The highest BCUT2D eigenvalue weighted by atomic mass is 16.5. The molecule has 1 aliphatic rings. The van der Waals surface area contributed by atoms with Gasteiger partial charge in [-0.2, -0.15) is 0 Å². The number of rotatable bonds is 6. The molecule has 23 heavy (non-hydrogen) atoms. The molecule has 1 fully saturated rings. The van der Waals surface area contributed by atoms with Gasteiger partial charge in [-0.15, -0.1) is 0 Å². The molecule has 0 aliphatic heterocycles. The van der Waals surface area contributed by atoms with E-state index in [0.29, 0.717) is 5.92 Å². The molecule has 1 unspecified atom stereocenters. The van der Waals surface area contributed by atoms with Crippen LogP contribution < -0.4 is 10.1 Å². The van der Waals surface area contributed by atoms with E-state index in [4.69, 9.17) is 4.74 Å². The Morgan fingerprint density at radius 1 is 1.09 bits per heavy atom. The maximum Gasteiger partial charge on any atom is 0.258 e. The maximum atomic E-state index is 12.3. The molecule has 3 nitrogen and oxygen atoms in total. The van der Waals surface area contributed by atoms with Crippen LogP contribution in [-0.2, 0) is 4.79 Å². The minimum absolute atomic E-state index is 0.0573. The molecule has 120 valence electrons. The topological polar surface area (TPSA) is 38.3 Å². The third kappa shape index (κ3) is 3.92. The lowest BCUT2D eigenvalue weighted by molar-refractivity contribution is -0.124. The van der Waals surface area contributed by atoms with E-state index in [9.17, 15) is 4.79 Å². The van der Waals surface area contributed by atoms with Crippen molar-refractivity contribution in [3.8, 4) is 5.75 Å². The van der Waals surface area contributed by atoms with Crippen molar-refractivity contribution >= 4 is 5.91 Å². The molecular formula is C20H23NO2. The van der Waals surface area contributed by atoms with Crippen LogP contribution >= 0.6 is 0 Å². The molecule has 0 bridgehead atoms. The number of amides is 1. The summed E-state index contributed by atoms with van der Waals surface area (Å²) in [4.78, 5) is 12.3. The smallest absolute Gasteiger partial charge is 0.258 e. The summed E-state index contributed by atoms with van der Waals surface area (Å²) in [6, 6.07) is 16.3. The predicted molar refractivity (Wildman–Crippen MR) is 91.5 cm³/mol. The molecule has 1 amide bonds. The number of hydrogen-bond donors (Lipinski definition) is 1. The van der Waals surface area contributed by atoms with E-state index in [1.807, 2.05) is 50.2 Å². The van der Waals surface area contributed by atoms with Crippen molar-refractivity contribution in [3.63, 3.8) is 0 Å². The summed E-state index contributed by atoms with van der Waals surface area (Å²) in [6.45, 7) is 4.05. The molecule has 1 aliphatic carbocycles. The SMILES string of the molecule is Cc1cccc(C)c1OCC(=O)NC(c1ccccc1)C1CC1. The minimum atomic E-state index is -0.0617. The van der Waals surface area contributed by atoms with Crippen molar-refractivity contribution < 1.29 is 9.53 Å². The van der Waals surface area contributed by atoms with E-state index in [0.717, 1.165) is 16.9 Å². The molecule has 2 aromatic carbocycles. The molecule has 0 heterocycles. The highest BCUT2D eigenvalue weighted by Crippen LogP contribution is 2.40. The Bertz CT molecular complexity index is 657. The zero-order valence-electron chi connectivity index (χ0n) is 13.7. The van der Waals surface area contributed by atoms with E-state index in [2.05, 4.69) is 17.4 Å². The number of benzene rings is 2. The zero-order chi connectivity index (χ0) is 16.2. The lowest BCUT2D eigenvalue weighted by Crippen LogP contribution is -2.33. The molecule has 0 saturated heterocycles. The molecule has 3 rings (SSSR count). The molecule has 1 atom stereocenters. The molecule has 0 spiro atoms. The van der Waals surface area contributed by atoms with E-state index >= 15 is 0 Å². The van der Waals surface area contributed by atoms with Crippen LogP contribution in [0, 0.1) is 19.8 Å². The molecule has 0 radical (unpaired) electrons. The van der Waals surface area contributed by atoms with Gasteiger partial charge in [0.25, 0.3) is 5.91 Å².